The van der Waals surface area contributed by atoms with Crippen LogP contribution in [0.2, 0.25) is 0 Å². The van der Waals surface area contributed by atoms with Crippen LogP contribution >= 0.6 is 23.2 Å². The smallest absolute Gasteiger partial charge is 0.252 e. The van der Waals surface area contributed by atoms with Gasteiger partial charge in [0.1, 0.15) is 23.0 Å². The number of rotatable bonds is 7. The second kappa shape index (κ2) is 9.60. The quantitative estimate of drug-likeness (QED) is 0.291. The number of nitrogens with zero attached hydrogens (tertiary/aromatic N) is 2. The Balaban J connectivity index is 1.44. The van der Waals surface area contributed by atoms with E-state index in [0.29, 0.717) is 45.5 Å². The number of carbonyl (C=O) groups is 2. The Hall–Kier alpha value is -3.74. The Labute approximate surface area is 193 Å². The molecule has 0 fully saturated rings. The predicted molar refractivity (Wildman–Crippen MR) is 121 cm³/mol. The third-order valence-electron chi connectivity index (χ3n) is 4.33. The minimum atomic E-state index is -0.553. The van der Waals surface area contributed by atoms with Crippen molar-refractivity contribution in [1.82, 2.24) is 9.97 Å². The SMILES string of the molecule is O=C(Cl)c1cccc(Oc2ccc(-c3ccc(Oc4cccc(C(=O)Cl)c4)cn3)nc2)c1. The maximum atomic E-state index is 11.3. The van der Waals surface area contributed by atoms with Gasteiger partial charge >= 0.3 is 0 Å². The Morgan fingerprint density at radius 2 is 1.03 bits per heavy atom. The molecule has 0 spiro atoms. The van der Waals surface area contributed by atoms with E-state index in [4.69, 9.17) is 32.7 Å². The molecule has 2 aromatic carbocycles. The van der Waals surface area contributed by atoms with Gasteiger partial charge in [-0.15, -0.1) is 0 Å². The van der Waals surface area contributed by atoms with Crippen molar-refractivity contribution < 1.29 is 19.1 Å². The molecule has 0 unspecified atom stereocenters. The molecule has 4 rings (SSSR count). The lowest BCUT2D eigenvalue weighted by Crippen LogP contribution is -1.93. The van der Waals surface area contributed by atoms with Crippen molar-refractivity contribution in [1.29, 1.82) is 0 Å². The maximum Gasteiger partial charge on any atom is 0.252 e. The number of hydrogen-bond acceptors (Lipinski definition) is 6. The number of halogens is 2. The molecule has 8 heteroatoms. The fourth-order valence-corrected chi connectivity index (χ4v) is 3.06. The Kier molecular flexibility index (Phi) is 6.44. The first-order valence-electron chi connectivity index (χ1n) is 9.36. The molecule has 0 amide bonds. The first-order valence-corrected chi connectivity index (χ1v) is 10.1. The van der Waals surface area contributed by atoms with Crippen LogP contribution in [-0.2, 0) is 0 Å². The summed E-state index contributed by atoms with van der Waals surface area (Å²) in [4.78, 5) is 31.3. The summed E-state index contributed by atoms with van der Waals surface area (Å²) < 4.78 is 11.4. The second-order valence-electron chi connectivity index (χ2n) is 6.57. The summed E-state index contributed by atoms with van der Waals surface area (Å²) in [5, 5.41) is -1.11. The molecular formula is C24H14Cl2N2O4. The van der Waals surface area contributed by atoms with Crippen LogP contribution in [0.3, 0.4) is 0 Å². The van der Waals surface area contributed by atoms with Gasteiger partial charge in [0, 0.05) is 11.1 Å². The lowest BCUT2D eigenvalue weighted by atomic mass is 10.2. The third kappa shape index (κ3) is 5.29. The van der Waals surface area contributed by atoms with Gasteiger partial charge in [-0.25, -0.2) is 0 Å². The summed E-state index contributed by atoms with van der Waals surface area (Å²) in [7, 11) is 0. The van der Waals surface area contributed by atoms with Gasteiger partial charge in [0.05, 0.1) is 23.8 Å². The van der Waals surface area contributed by atoms with E-state index < -0.39 is 10.5 Å². The number of aromatic nitrogens is 2. The summed E-state index contributed by atoms with van der Waals surface area (Å²) >= 11 is 11.0. The lowest BCUT2D eigenvalue weighted by Gasteiger charge is -2.08. The monoisotopic (exact) mass is 464 g/mol. The Bertz CT molecular complexity index is 1170. The number of hydrogen-bond donors (Lipinski definition) is 0. The van der Waals surface area contributed by atoms with Crippen LogP contribution in [0.4, 0.5) is 0 Å². The average Bonchev–Trinajstić information content (AvgIpc) is 2.80. The highest BCUT2D eigenvalue weighted by molar-refractivity contribution is 6.68. The van der Waals surface area contributed by atoms with E-state index in [1.54, 1.807) is 85.2 Å². The summed E-state index contributed by atoms with van der Waals surface area (Å²) in [6.07, 6.45) is 3.12. The number of carbonyl (C=O) groups excluding carboxylic acids is 2. The summed E-state index contributed by atoms with van der Waals surface area (Å²) in [6, 6.07) is 20.2. The summed E-state index contributed by atoms with van der Waals surface area (Å²) in [6.45, 7) is 0. The minimum absolute atomic E-state index is 0.348. The number of ether oxygens (including phenoxy) is 2. The van der Waals surface area contributed by atoms with Gasteiger partial charge in [0.2, 0.25) is 0 Å². The van der Waals surface area contributed by atoms with Crippen molar-refractivity contribution in [3.05, 3.63) is 96.3 Å². The van der Waals surface area contributed by atoms with E-state index in [-0.39, 0.29) is 0 Å². The van der Waals surface area contributed by atoms with Gasteiger partial charge in [0.25, 0.3) is 10.5 Å². The van der Waals surface area contributed by atoms with E-state index in [0.717, 1.165) is 0 Å². The van der Waals surface area contributed by atoms with Gasteiger partial charge in [0.15, 0.2) is 0 Å². The van der Waals surface area contributed by atoms with E-state index in [9.17, 15) is 9.59 Å². The fraction of sp³-hybridized carbons (Fsp3) is 0. The molecular weight excluding hydrogens is 451 g/mol. The van der Waals surface area contributed by atoms with Crippen molar-refractivity contribution in [3.63, 3.8) is 0 Å². The van der Waals surface area contributed by atoms with Crippen LogP contribution in [-0.4, -0.2) is 20.5 Å². The molecule has 0 saturated carbocycles. The molecule has 32 heavy (non-hydrogen) atoms. The Morgan fingerprint density at radius 1 is 0.594 bits per heavy atom. The summed E-state index contributed by atoms with van der Waals surface area (Å²) in [5.41, 5.74) is 1.98. The molecule has 6 nitrogen and oxygen atoms in total. The molecule has 0 N–H and O–H groups in total. The van der Waals surface area contributed by atoms with Crippen LogP contribution in [0.25, 0.3) is 11.4 Å². The van der Waals surface area contributed by atoms with E-state index >= 15 is 0 Å². The number of pyridine rings is 2. The molecule has 0 radical (unpaired) electrons. The zero-order valence-electron chi connectivity index (χ0n) is 16.4. The third-order valence-corrected chi connectivity index (χ3v) is 4.76. The first kappa shape index (κ1) is 21.5. The predicted octanol–water partition coefficient (Wildman–Crippen LogP) is 6.49. The van der Waals surface area contributed by atoms with Gasteiger partial charge in [-0.1, -0.05) is 12.1 Å². The van der Waals surface area contributed by atoms with Crippen molar-refractivity contribution >= 4 is 33.7 Å². The maximum absolute atomic E-state index is 11.3. The van der Waals surface area contributed by atoms with Crippen LogP contribution in [0.1, 0.15) is 20.7 Å². The van der Waals surface area contributed by atoms with Gasteiger partial charge in [-0.3, -0.25) is 19.6 Å². The van der Waals surface area contributed by atoms with Gasteiger partial charge < -0.3 is 9.47 Å². The highest BCUT2D eigenvalue weighted by Gasteiger charge is 2.08. The zero-order chi connectivity index (χ0) is 22.5. The van der Waals surface area contributed by atoms with Crippen molar-refractivity contribution in [2.75, 3.05) is 0 Å². The normalized spacial score (nSPS) is 10.4. The van der Waals surface area contributed by atoms with E-state index in [1.807, 2.05) is 0 Å². The zero-order valence-corrected chi connectivity index (χ0v) is 17.9. The van der Waals surface area contributed by atoms with Crippen molar-refractivity contribution in [2.24, 2.45) is 0 Å². The number of benzene rings is 2. The second-order valence-corrected chi connectivity index (χ2v) is 7.25. The van der Waals surface area contributed by atoms with Crippen LogP contribution < -0.4 is 9.47 Å². The van der Waals surface area contributed by atoms with Crippen molar-refractivity contribution in [3.8, 4) is 34.4 Å². The molecule has 2 aromatic heterocycles. The summed E-state index contributed by atoms with van der Waals surface area (Å²) in [5.74, 6) is 1.96. The average molecular weight is 465 g/mol. The largest absolute Gasteiger partial charge is 0.456 e. The molecule has 0 aliphatic rings. The molecule has 0 atom stereocenters. The van der Waals surface area contributed by atoms with Gasteiger partial charge in [-0.2, -0.15) is 0 Å². The van der Waals surface area contributed by atoms with E-state index in [1.165, 1.54) is 0 Å². The highest BCUT2D eigenvalue weighted by atomic mass is 35.5. The van der Waals surface area contributed by atoms with E-state index in [2.05, 4.69) is 9.97 Å². The topological polar surface area (TPSA) is 78.4 Å². The molecule has 0 bridgehead atoms. The Morgan fingerprint density at radius 3 is 1.38 bits per heavy atom. The fourth-order valence-electron chi connectivity index (χ4n) is 2.82. The molecule has 0 aliphatic carbocycles. The van der Waals surface area contributed by atoms with Crippen LogP contribution in [0.15, 0.2) is 85.2 Å². The minimum Gasteiger partial charge on any atom is -0.456 e. The van der Waals surface area contributed by atoms with Crippen molar-refractivity contribution in [2.45, 2.75) is 0 Å². The molecule has 2 heterocycles. The molecule has 158 valence electrons. The van der Waals surface area contributed by atoms with Crippen LogP contribution in [0, 0.1) is 0 Å². The molecule has 4 aromatic rings. The first-order chi connectivity index (χ1) is 15.5. The highest BCUT2D eigenvalue weighted by Crippen LogP contribution is 2.26. The van der Waals surface area contributed by atoms with Crippen LogP contribution in [0.5, 0.6) is 23.0 Å². The standard InChI is InChI=1S/C24H14Cl2N2O4/c25-23(29)15-3-1-5-17(11-15)31-19-7-9-21(27-13-19)22-10-8-20(14-28-22)32-18-6-2-4-16(12-18)24(26)30/h1-14H. The molecule has 0 saturated heterocycles. The van der Waals surface area contributed by atoms with Gasteiger partial charge in [-0.05, 0) is 83.9 Å². The lowest BCUT2D eigenvalue weighted by molar-refractivity contribution is 0.107. The molecule has 0 aliphatic heterocycles.